The zero-order valence-corrected chi connectivity index (χ0v) is 13.7. The summed E-state index contributed by atoms with van der Waals surface area (Å²) in [5.74, 6) is -1.13. The first-order valence-corrected chi connectivity index (χ1v) is 9.23. The molecule has 0 saturated carbocycles. The third kappa shape index (κ3) is 4.66. The number of nitrogens with one attached hydrogen (secondary N) is 1. The molecule has 0 saturated heterocycles. The Morgan fingerprint density at radius 3 is 2.59 bits per heavy atom. The molecule has 0 fully saturated rings. The van der Waals surface area contributed by atoms with E-state index in [1.54, 1.807) is 5.38 Å². The monoisotopic (exact) mass is 339 g/mol. The lowest BCUT2D eigenvalue weighted by Crippen LogP contribution is -2.28. The number of benzene rings is 1. The van der Waals surface area contributed by atoms with Gasteiger partial charge in [-0.25, -0.2) is 17.9 Å². The molecule has 118 valence electrons. The Kier molecular flexibility index (Phi) is 5.33. The van der Waals surface area contributed by atoms with Crippen molar-refractivity contribution in [2.75, 3.05) is 5.75 Å². The molecule has 1 aromatic heterocycles. The van der Waals surface area contributed by atoms with Gasteiger partial charge in [-0.3, -0.25) is 0 Å². The smallest absolute Gasteiger partial charge is 0.345 e. The maximum Gasteiger partial charge on any atom is 0.345 e. The Morgan fingerprint density at radius 2 is 2.00 bits per heavy atom. The molecular weight excluding hydrogens is 322 g/mol. The van der Waals surface area contributed by atoms with Gasteiger partial charge in [-0.05, 0) is 28.5 Å². The summed E-state index contributed by atoms with van der Waals surface area (Å²) in [4.78, 5) is 11.0. The molecule has 2 rings (SSSR count). The summed E-state index contributed by atoms with van der Waals surface area (Å²) in [6, 6.07) is 10.9. The molecular formula is C15H17NO4S2. The van der Waals surface area contributed by atoms with Gasteiger partial charge in [-0.1, -0.05) is 37.3 Å². The molecule has 7 heteroatoms. The highest BCUT2D eigenvalue weighted by molar-refractivity contribution is 7.89. The zero-order chi connectivity index (χ0) is 16.2. The molecule has 0 aliphatic rings. The number of carboxylic acid groups (broad SMARTS) is 1. The maximum absolute atomic E-state index is 12.1. The van der Waals surface area contributed by atoms with Gasteiger partial charge in [-0.2, -0.15) is 0 Å². The van der Waals surface area contributed by atoms with Gasteiger partial charge < -0.3 is 5.11 Å². The van der Waals surface area contributed by atoms with Gasteiger partial charge in [0, 0.05) is 6.54 Å². The van der Waals surface area contributed by atoms with Gasteiger partial charge in [0.1, 0.15) is 4.88 Å². The van der Waals surface area contributed by atoms with Gasteiger partial charge in [-0.15, -0.1) is 11.3 Å². The molecule has 2 aromatic rings. The van der Waals surface area contributed by atoms with Crippen molar-refractivity contribution in [2.45, 2.75) is 19.4 Å². The molecule has 22 heavy (non-hydrogen) atoms. The van der Waals surface area contributed by atoms with E-state index in [1.165, 1.54) is 6.07 Å². The summed E-state index contributed by atoms with van der Waals surface area (Å²) >= 11 is 1.08. The van der Waals surface area contributed by atoms with Crippen LogP contribution in [-0.2, 0) is 16.6 Å². The van der Waals surface area contributed by atoms with Gasteiger partial charge in [0.2, 0.25) is 10.0 Å². The molecule has 0 spiro atoms. The standard InChI is InChI=1S/C15H17NO4S2/c1-11(13-5-3-2-4-6-13)10-22(19,20)16-8-12-7-14(15(17)18)21-9-12/h2-7,9,11,16H,8,10H2,1H3,(H,17,18). The molecule has 0 amide bonds. The number of hydrogen-bond donors (Lipinski definition) is 2. The lowest BCUT2D eigenvalue weighted by atomic mass is 10.0. The first kappa shape index (κ1) is 16.7. The highest BCUT2D eigenvalue weighted by atomic mass is 32.2. The van der Waals surface area contributed by atoms with Gasteiger partial charge in [0.15, 0.2) is 0 Å². The van der Waals surface area contributed by atoms with Crippen LogP contribution in [-0.4, -0.2) is 25.2 Å². The van der Waals surface area contributed by atoms with Gasteiger partial charge in [0.25, 0.3) is 0 Å². The van der Waals surface area contributed by atoms with Crippen LogP contribution in [0.4, 0.5) is 0 Å². The molecule has 0 bridgehead atoms. The van der Waals surface area contributed by atoms with Crippen LogP contribution in [0.25, 0.3) is 0 Å². The van der Waals surface area contributed by atoms with Gasteiger partial charge in [0.05, 0.1) is 5.75 Å². The van der Waals surface area contributed by atoms with Crippen LogP contribution in [0.2, 0.25) is 0 Å². The minimum Gasteiger partial charge on any atom is -0.477 e. The number of sulfonamides is 1. The first-order valence-electron chi connectivity index (χ1n) is 6.70. The van der Waals surface area contributed by atoms with Crippen LogP contribution in [0.15, 0.2) is 41.8 Å². The largest absolute Gasteiger partial charge is 0.477 e. The van der Waals surface area contributed by atoms with Crippen molar-refractivity contribution >= 4 is 27.3 Å². The Bertz CT molecular complexity index is 738. The number of carbonyl (C=O) groups is 1. The van der Waals surface area contributed by atoms with Crippen molar-refractivity contribution in [1.82, 2.24) is 4.72 Å². The minimum atomic E-state index is -3.43. The second-order valence-electron chi connectivity index (χ2n) is 5.04. The van der Waals surface area contributed by atoms with Crippen LogP contribution in [0, 0.1) is 0 Å². The quantitative estimate of drug-likeness (QED) is 0.812. The highest BCUT2D eigenvalue weighted by Crippen LogP contribution is 2.17. The molecule has 0 aliphatic heterocycles. The summed E-state index contributed by atoms with van der Waals surface area (Å²) < 4.78 is 26.7. The van der Waals surface area contributed by atoms with E-state index in [4.69, 9.17) is 5.11 Å². The lowest BCUT2D eigenvalue weighted by Gasteiger charge is -2.12. The fraction of sp³-hybridized carbons (Fsp3) is 0.267. The predicted molar refractivity (Wildman–Crippen MR) is 86.8 cm³/mol. The molecule has 1 unspecified atom stereocenters. The van der Waals surface area contributed by atoms with Crippen LogP contribution in [0.1, 0.15) is 33.6 Å². The number of thiophene rings is 1. The average Bonchev–Trinajstić information content (AvgIpc) is 2.95. The van der Waals surface area contributed by atoms with Crippen molar-refractivity contribution in [3.63, 3.8) is 0 Å². The second kappa shape index (κ2) is 7.04. The summed E-state index contributed by atoms with van der Waals surface area (Å²) in [5.41, 5.74) is 1.62. The summed E-state index contributed by atoms with van der Waals surface area (Å²) in [6.45, 7) is 1.97. The van der Waals surface area contributed by atoms with E-state index < -0.39 is 16.0 Å². The van der Waals surface area contributed by atoms with Crippen LogP contribution in [0.5, 0.6) is 0 Å². The Morgan fingerprint density at radius 1 is 1.32 bits per heavy atom. The van der Waals surface area contributed by atoms with Crippen molar-refractivity contribution in [3.8, 4) is 0 Å². The SMILES string of the molecule is CC(CS(=O)(=O)NCc1csc(C(=O)O)c1)c1ccccc1. The van der Waals surface area contributed by atoms with E-state index >= 15 is 0 Å². The van der Waals surface area contributed by atoms with E-state index in [0.717, 1.165) is 16.9 Å². The van der Waals surface area contributed by atoms with E-state index in [1.807, 2.05) is 37.3 Å². The van der Waals surface area contributed by atoms with Crippen molar-refractivity contribution in [3.05, 3.63) is 57.8 Å². The fourth-order valence-corrected chi connectivity index (χ4v) is 4.14. The third-order valence-corrected chi connectivity index (χ3v) is 5.69. The van der Waals surface area contributed by atoms with Crippen LogP contribution in [0.3, 0.4) is 0 Å². The molecule has 0 aliphatic carbocycles. The lowest BCUT2D eigenvalue weighted by molar-refractivity contribution is 0.0702. The Balaban J connectivity index is 1.94. The minimum absolute atomic E-state index is 0.00701. The molecule has 1 aromatic carbocycles. The molecule has 2 N–H and O–H groups in total. The van der Waals surface area contributed by atoms with Crippen molar-refractivity contribution < 1.29 is 18.3 Å². The Hall–Kier alpha value is -1.70. The van der Waals surface area contributed by atoms with E-state index in [2.05, 4.69) is 4.72 Å². The van der Waals surface area contributed by atoms with E-state index in [0.29, 0.717) is 5.56 Å². The number of hydrogen-bond acceptors (Lipinski definition) is 4. The molecule has 0 radical (unpaired) electrons. The first-order chi connectivity index (χ1) is 10.4. The van der Waals surface area contributed by atoms with Gasteiger partial charge >= 0.3 is 5.97 Å². The molecule has 5 nitrogen and oxygen atoms in total. The topological polar surface area (TPSA) is 83.5 Å². The molecule has 1 heterocycles. The van der Waals surface area contributed by atoms with Crippen molar-refractivity contribution in [2.24, 2.45) is 0 Å². The normalized spacial score (nSPS) is 13.0. The maximum atomic E-state index is 12.1. The summed E-state index contributed by atoms with van der Waals surface area (Å²) in [7, 11) is -3.43. The molecule has 1 atom stereocenters. The average molecular weight is 339 g/mol. The Labute approximate surface area is 133 Å². The van der Waals surface area contributed by atoms with Crippen LogP contribution >= 0.6 is 11.3 Å². The zero-order valence-electron chi connectivity index (χ0n) is 12.0. The van der Waals surface area contributed by atoms with E-state index in [9.17, 15) is 13.2 Å². The third-order valence-electron chi connectivity index (χ3n) is 3.20. The summed E-state index contributed by atoms with van der Waals surface area (Å²) in [5, 5.41) is 10.5. The van der Waals surface area contributed by atoms with E-state index in [-0.39, 0.29) is 23.1 Å². The highest BCUT2D eigenvalue weighted by Gasteiger charge is 2.17. The number of rotatable bonds is 7. The number of aromatic carboxylic acids is 1. The fourth-order valence-electron chi connectivity index (χ4n) is 2.04. The van der Waals surface area contributed by atoms with Crippen molar-refractivity contribution in [1.29, 1.82) is 0 Å². The second-order valence-corrected chi connectivity index (χ2v) is 7.80. The van der Waals surface area contributed by atoms with Crippen LogP contribution < -0.4 is 4.72 Å². The number of carboxylic acids is 1. The predicted octanol–water partition coefficient (Wildman–Crippen LogP) is 2.67. The summed E-state index contributed by atoms with van der Waals surface area (Å²) in [6.07, 6.45) is 0.